The second-order valence-corrected chi connectivity index (χ2v) is 2.12. The molecule has 0 unspecified atom stereocenters. The number of aliphatic hydroxyl groups excluding tert-OH is 1. The Labute approximate surface area is 68.4 Å². The Morgan fingerprint density at radius 1 is 1.58 bits per heavy atom. The van der Waals surface area contributed by atoms with Gasteiger partial charge in [-0.25, -0.2) is 0 Å². The number of halogens is 3. The standard InChI is InChI=1S/C7H10F3NO/c1-5(4-12)3-6(11-2)7(8,9)10/h3,11-12H,1,4H2,2H3/b6-3-. The van der Waals surface area contributed by atoms with Gasteiger partial charge in [-0.1, -0.05) is 6.58 Å². The fourth-order valence-electron chi connectivity index (χ4n) is 0.546. The predicted octanol–water partition coefficient (Wildman–Crippen LogP) is 1.20. The number of nitrogens with one attached hydrogen (secondary N) is 1. The highest BCUT2D eigenvalue weighted by Crippen LogP contribution is 2.23. The maximum Gasteiger partial charge on any atom is 0.430 e. The van der Waals surface area contributed by atoms with Crippen molar-refractivity contribution in [2.45, 2.75) is 6.18 Å². The lowest BCUT2D eigenvalue weighted by Crippen LogP contribution is -2.23. The molecule has 0 aliphatic carbocycles. The molecular weight excluding hydrogens is 171 g/mol. The van der Waals surface area contributed by atoms with Crippen LogP contribution in [0.15, 0.2) is 23.9 Å². The van der Waals surface area contributed by atoms with E-state index in [9.17, 15) is 13.2 Å². The molecule has 5 heteroatoms. The fraction of sp³-hybridized carbons (Fsp3) is 0.429. The summed E-state index contributed by atoms with van der Waals surface area (Å²) >= 11 is 0. The van der Waals surface area contributed by atoms with E-state index in [0.717, 1.165) is 13.1 Å². The summed E-state index contributed by atoms with van der Waals surface area (Å²) in [5.41, 5.74) is -0.904. The Balaban J connectivity index is 4.55. The summed E-state index contributed by atoms with van der Waals surface area (Å²) in [5, 5.41) is 10.4. The third-order valence-corrected chi connectivity index (χ3v) is 1.13. The van der Waals surface area contributed by atoms with Gasteiger partial charge in [-0.2, -0.15) is 13.2 Å². The first-order valence-corrected chi connectivity index (χ1v) is 3.17. The van der Waals surface area contributed by atoms with Gasteiger partial charge in [-0.15, -0.1) is 0 Å². The molecule has 0 aliphatic heterocycles. The van der Waals surface area contributed by atoms with E-state index in [-0.39, 0.29) is 5.57 Å². The van der Waals surface area contributed by atoms with Crippen molar-refractivity contribution in [3.05, 3.63) is 23.9 Å². The van der Waals surface area contributed by atoms with Crippen molar-refractivity contribution < 1.29 is 18.3 Å². The molecule has 2 nitrogen and oxygen atoms in total. The summed E-state index contributed by atoms with van der Waals surface area (Å²) in [4.78, 5) is 0. The molecule has 0 saturated heterocycles. The van der Waals surface area contributed by atoms with Gasteiger partial charge in [-0.05, 0) is 11.6 Å². The maximum absolute atomic E-state index is 12.0. The van der Waals surface area contributed by atoms with E-state index in [1.54, 1.807) is 0 Å². The van der Waals surface area contributed by atoms with E-state index < -0.39 is 18.5 Å². The van der Waals surface area contributed by atoms with Crippen molar-refractivity contribution in [2.24, 2.45) is 0 Å². The molecule has 70 valence electrons. The third-order valence-electron chi connectivity index (χ3n) is 1.13. The van der Waals surface area contributed by atoms with Gasteiger partial charge in [0, 0.05) is 7.05 Å². The molecule has 2 N–H and O–H groups in total. The summed E-state index contributed by atoms with van der Waals surface area (Å²) in [6.07, 6.45) is -3.66. The van der Waals surface area contributed by atoms with Gasteiger partial charge in [0.05, 0.1) is 6.61 Å². The van der Waals surface area contributed by atoms with Gasteiger partial charge in [-0.3, -0.25) is 0 Å². The SMILES string of the molecule is C=C(/C=C(\NC)C(F)(F)F)CO. The van der Waals surface area contributed by atoms with Crippen LogP contribution in [-0.2, 0) is 0 Å². The summed E-state index contributed by atoms with van der Waals surface area (Å²) in [7, 11) is 1.16. The van der Waals surface area contributed by atoms with Crippen LogP contribution in [0, 0.1) is 0 Å². The summed E-state index contributed by atoms with van der Waals surface area (Å²) < 4.78 is 35.9. The third kappa shape index (κ3) is 3.43. The molecular formula is C7H10F3NO. The van der Waals surface area contributed by atoms with E-state index in [1.807, 2.05) is 5.32 Å². The van der Waals surface area contributed by atoms with Crippen LogP contribution in [0.3, 0.4) is 0 Å². The van der Waals surface area contributed by atoms with Crippen molar-refractivity contribution in [2.75, 3.05) is 13.7 Å². The normalized spacial score (nSPS) is 12.9. The maximum atomic E-state index is 12.0. The predicted molar refractivity (Wildman–Crippen MR) is 39.4 cm³/mol. The van der Waals surface area contributed by atoms with Gasteiger partial charge in [0.2, 0.25) is 0 Å². The van der Waals surface area contributed by atoms with Gasteiger partial charge in [0.25, 0.3) is 0 Å². The Kier molecular flexibility index (Phi) is 3.82. The lowest BCUT2D eigenvalue weighted by molar-refractivity contribution is -0.0960. The zero-order valence-corrected chi connectivity index (χ0v) is 6.57. The highest BCUT2D eigenvalue weighted by Gasteiger charge is 2.32. The van der Waals surface area contributed by atoms with Crippen LogP contribution in [0.5, 0.6) is 0 Å². The Bertz CT molecular complexity index is 195. The molecule has 12 heavy (non-hydrogen) atoms. The molecule has 0 aromatic carbocycles. The Hall–Kier alpha value is -0.970. The van der Waals surface area contributed by atoms with E-state index in [1.165, 1.54) is 0 Å². The van der Waals surface area contributed by atoms with E-state index >= 15 is 0 Å². The number of allylic oxidation sites excluding steroid dienone is 1. The monoisotopic (exact) mass is 181 g/mol. The summed E-state index contributed by atoms with van der Waals surface area (Å²) in [6.45, 7) is 2.72. The Morgan fingerprint density at radius 3 is 2.33 bits per heavy atom. The molecule has 0 heterocycles. The average molecular weight is 181 g/mol. The van der Waals surface area contributed by atoms with Gasteiger partial charge in [0.1, 0.15) is 5.70 Å². The van der Waals surface area contributed by atoms with Crippen molar-refractivity contribution >= 4 is 0 Å². The second-order valence-electron chi connectivity index (χ2n) is 2.12. The molecule has 0 saturated carbocycles. The van der Waals surface area contributed by atoms with Crippen LogP contribution in [-0.4, -0.2) is 24.9 Å². The molecule has 0 spiro atoms. The number of aliphatic hydroxyl groups is 1. The van der Waals surface area contributed by atoms with Crippen LogP contribution < -0.4 is 5.32 Å². The number of hydrogen-bond donors (Lipinski definition) is 2. The molecule has 0 rings (SSSR count). The first-order valence-electron chi connectivity index (χ1n) is 3.17. The Morgan fingerprint density at radius 2 is 2.08 bits per heavy atom. The van der Waals surface area contributed by atoms with E-state index in [2.05, 4.69) is 6.58 Å². The lowest BCUT2D eigenvalue weighted by atomic mass is 10.2. The highest BCUT2D eigenvalue weighted by molar-refractivity contribution is 5.22. The molecule has 0 aromatic rings. The first-order chi connectivity index (χ1) is 5.41. The highest BCUT2D eigenvalue weighted by atomic mass is 19.4. The number of rotatable bonds is 3. The second kappa shape index (κ2) is 4.15. The summed E-state index contributed by atoms with van der Waals surface area (Å²) in [5.74, 6) is 0. The topological polar surface area (TPSA) is 32.3 Å². The molecule has 0 bridgehead atoms. The minimum Gasteiger partial charge on any atom is -0.392 e. The van der Waals surface area contributed by atoms with E-state index in [4.69, 9.17) is 5.11 Å². The van der Waals surface area contributed by atoms with Crippen LogP contribution in [0.4, 0.5) is 13.2 Å². The molecule has 0 radical (unpaired) electrons. The van der Waals surface area contributed by atoms with Gasteiger partial charge >= 0.3 is 6.18 Å². The van der Waals surface area contributed by atoms with Gasteiger partial charge < -0.3 is 10.4 Å². The fourth-order valence-corrected chi connectivity index (χ4v) is 0.546. The molecule has 0 aliphatic rings. The lowest BCUT2D eigenvalue weighted by Gasteiger charge is -2.10. The molecule has 0 amide bonds. The number of alkyl halides is 3. The minimum absolute atomic E-state index is 0.0108. The van der Waals surface area contributed by atoms with Crippen LogP contribution >= 0.6 is 0 Å². The zero-order chi connectivity index (χ0) is 9.78. The van der Waals surface area contributed by atoms with Crippen LogP contribution in [0.1, 0.15) is 0 Å². The zero-order valence-electron chi connectivity index (χ0n) is 6.57. The molecule has 0 atom stereocenters. The van der Waals surface area contributed by atoms with Crippen molar-refractivity contribution in [3.63, 3.8) is 0 Å². The number of hydrogen-bond acceptors (Lipinski definition) is 2. The van der Waals surface area contributed by atoms with Crippen molar-refractivity contribution in [1.82, 2.24) is 5.32 Å². The first kappa shape index (κ1) is 11.0. The van der Waals surface area contributed by atoms with Gasteiger partial charge in [0.15, 0.2) is 0 Å². The van der Waals surface area contributed by atoms with Crippen LogP contribution in [0.2, 0.25) is 0 Å². The van der Waals surface area contributed by atoms with Crippen LogP contribution in [0.25, 0.3) is 0 Å². The minimum atomic E-state index is -4.42. The molecule has 0 aromatic heterocycles. The van der Waals surface area contributed by atoms with Crippen molar-refractivity contribution in [1.29, 1.82) is 0 Å². The summed E-state index contributed by atoms with van der Waals surface area (Å²) in [6, 6.07) is 0. The van der Waals surface area contributed by atoms with E-state index in [0.29, 0.717) is 0 Å². The largest absolute Gasteiger partial charge is 0.430 e. The average Bonchev–Trinajstić information content (AvgIpc) is 1.97. The quantitative estimate of drug-likeness (QED) is 0.641. The van der Waals surface area contributed by atoms with Crippen molar-refractivity contribution in [3.8, 4) is 0 Å². The smallest absolute Gasteiger partial charge is 0.392 e. The molecule has 0 fully saturated rings.